The average Bonchev–Trinajstić information content (AvgIpc) is 3.42. The van der Waals surface area contributed by atoms with Gasteiger partial charge < -0.3 is 15.1 Å². The van der Waals surface area contributed by atoms with Crippen LogP contribution in [0.2, 0.25) is 0 Å². The van der Waals surface area contributed by atoms with Gasteiger partial charge in [0.15, 0.2) is 11.7 Å². The summed E-state index contributed by atoms with van der Waals surface area (Å²) < 4.78 is 33.1. The van der Waals surface area contributed by atoms with E-state index in [9.17, 15) is 18.4 Å². The maximum atomic E-state index is 13.8. The fraction of sp³-hybridized carbons (Fsp3) is 0.227. The van der Waals surface area contributed by atoms with E-state index in [0.29, 0.717) is 11.3 Å². The van der Waals surface area contributed by atoms with Crippen LogP contribution in [-0.2, 0) is 11.2 Å². The van der Waals surface area contributed by atoms with Crippen molar-refractivity contribution < 1.29 is 22.8 Å². The first-order valence-corrected chi connectivity index (χ1v) is 9.59. The molecule has 2 aromatic carbocycles. The quantitative estimate of drug-likeness (QED) is 0.614. The lowest BCUT2D eigenvalue weighted by Crippen LogP contribution is -2.25. The Morgan fingerprint density at radius 1 is 1.07 bits per heavy atom. The van der Waals surface area contributed by atoms with Gasteiger partial charge in [0.1, 0.15) is 11.6 Å². The normalized spacial score (nSPS) is 13.1. The molecule has 1 saturated carbocycles. The van der Waals surface area contributed by atoms with Crippen LogP contribution in [0.4, 0.5) is 14.5 Å². The molecule has 6 nitrogen and oxygen atoms in total. The summed E-state index contributed by atoms with van der Waals surface area (Å²) in [6, 6.07) is 10.4. The van der Waals surface area contributed by atoms with Gasteiger partial charge in [0.05, 0.1) is 11.8 Å². The molecule has 1 aliphatic rings. The number of carbonyl (C=O) groups excluding carboxylic acids is 2. The highest BCUT2D eigenvalue weighted by atomic mass is 19.1. The summed E-state index contributed by atoms with van der Waals surface area (Å²) in [7, 11) is 0. The van der Waals surface area contributed by atoms with Gasteiger partial charge in [-0.3, -0.25) is 9.59 Å². The molecular formula is C22H19F2N3O3. The van der Waals surface area contributed by atoms with Crippen LogP contribution in [0.25, 0.3) is 11.3 Å². The molecule has 1 aliphatic carbocycles. The van der Waals surface area contributed by atoms with Crippen molar-refractivity contribution in [2.45, 2.75) is 31.7 Å². The van der Waals surface area contributed by atoms with Crippen molar-refractivity contribution in [3.8, 4) is 11.3 Å². The van der Waals surface area contributed by atoms with Gasteiger partial charge >= 0.3 is 0 Å². The van der Waals surface area contributed by atoms with Crippen LogP contribution in [0, 0.1) is 11.6 Å². The summed E-state index contributed by atoms with van der Waals surface area (Å²) >= 11 is 0. The van der Waals surface area contributed by atoms with Gasteiger partial charge in [-0.25, -0.2) is 13.8 Å². The zero-order valence-corrected chi connectivity index (χ0v) is 16.0. The number of amides is 2. The summed E-state index contributed by atoms with van der Waals surface area (Å²) in [5, 5.41) is 5.63. The van der Waals surface area contributed by atoms with Crippen molar-refractivity contribution in [1.82, 2.24) is 10.3 Å². The molecule has 3 aromatic rings. The van der Waals surface area contributed by atoms with Crippen molar-refractivity contribution in [2.24, 2.45) is 0 Å². The van der Waals surface area contributed by atoms with Gasteiger partial charge in [0.25, 0.3) is 5.91 Å². The van der Waals surface area contributed by atoms with Gasteiger partial charge in [0.2, 0.25) is 5.91 Å². The molecular weight excluding hydrogens is 392 g/mol. The summed E-state index contributed by atoms with van der Waals surface area (Å²) in [4.78, 5) is 28.1. The molecule has 0 spiro atoms. The van der Waals surface area contributed by atoms with Crippen molar-refractivity contribution in [2.75, 3.05) is 5.32 Å². The van der Waals surface area contributed by atoms with E-state index >= 15 is 0 Å². The lowest BCUT2D eigenvalue weighted by molar-refractivity contribution is -0.116. The Hall–Kier alpha value is -3.55. The SMILES string of the molecule is O=C(CCc1ncc(-c2c(F)cccc2F)o1)Nc1ccc(C(=O)NC2CC2)cc1. The van der Waals surface area contributed by atoms with Crippen LogP contribution in [0.3, 0.4) is 0 Å². The molecule has 0 atom stereocenters. The molecule has 0 bridgehead atoms. The van der Waals surface area contributed by atoms with Gasteiger partial charge in [-0.15, -0.1) is 0 Å². The number of aromatic nitrogens is 1. The van der Waals surface area contributed by atoms with Crippen LogP contribution < -0.4 is 10.6 Å². The number of anilines is 1. The number of halogens is 2. The van der Waals surface area contributed by atoms with Gasteiger partial charge in [-0.2, -0.15) is 0 Å². The Balaban J connectivity index is 1.31. The van der Waals surface area contributed by atoms with Crippen LogP contribution >= 0.6 is 0 Å². The Kier molecular flexibility index (Phi) is 5.56. The highest BCUT2D eigenvalue weighted by molar-refractivity contribution is 5.96. The van der Waals surface area contributed by atoms with Crippen LogP contribution in [0.15, 0.2) is 53.1 Å². The molecule has 0 saturated heterocycles. The Morgan fingerprint density at radius 3 is 2.43 bits per heavy atom. The fourth-order valence-electron chi connectivity index (χ4n) is 2.92. The monoisotopic (exact) mass is 411 g/mol. The average molecular weight is 411 g/mol. The van der Waals surface area contributed by atoms with E-state index in [1.807, 2.05) is 0 Å². The van der Waals surface area contributed by atoms with Gasteiger partial charge in [-0.1, -0.05) is 6.07 Å². The molecule has 4 rings (SSSR count). The number of rotatable bonds is 7. The lowest BCUT2D eigenvalue weighted by atomic mass is 10.1. The maximum absolute atomic E-state index is 13.8. The molecule has 0 unspecified atom stereocenters. The Labute approximate surface area is 171 Å². The van der Waals surface area contributed by atoms with Crippen molar-refractivity contribution in [1.29, 1.82) is 0 Å². The number of aryl methyl sites for hydroxylation is 1. The minimum atomic E-state index is -0.746. The van der Waals surface area contributed by atoms with E-state index in [2.05, 4.69) is 15.6 Å². The molecule has 1 aromatic heterocycles. The first-order valence-electron chi connectivity index (χ1n) is 9.59. The van der Waals surface area contributed by atoms with E-state index in [4.69, 9.17) is 4.42 Å². The third-order valence-corrected chi connectivity index (χ3v) is 4.67. The molecule has 154 valence electrons. The molecule has 1 heterocycles. The fourth-order valence-corrected chi connectivity index (χ4v) is 2.92. The van der Waals surface area contributed by atoms with E-state index < -0.39 is 11.6 Å². The molecule has 1 fully saturated rings. The number of carbonyl (C=O) groups is 2. The Bertz CT molecular complexity index is 1060. The molecule has 0 aliphatic heterocycles. The molecule has 30 heavy (non-hydrogen) atoms. The van der Waals surface area contributed by atoms with Gasteiger partial charge in [-0.05, 0) is 49.2 Å². The minimum absolute atomic E-state index is 0.0268. The van der Waals surface area contributed by atoms with Crippen LogP contribution in [0.1, 0.15) is 35.5 Å². The number of hydrogen-bond acceptors (Lipinski definition) is 4. The lowest BCUT2D eigenvalue weighted by Gasteiger charge is -2.06. The highest BCUT2D eigenvalue weighted by Crippen LogP contribution is 2.27. The second kappa shape index (κ2) is 8.44. The maximum Gasteiger partial charge on any atom is 0.251 e. The zero-order valence-electron chi connectivity index (χ0n) is 16.0. The molecule has 2 amide bonds. The number of nitrogens with zero attached hydrogens (tertiary/aromatic N) is 1. The third-order valence-electron chi connectivity index (χ3n) is 4.67. The topological polar surface area (TPSA) is 84.2 Å². The summed E-state index contributed by atoms with van der Waals surface area (Å²) in [5.41, 5.74) is 0.809. The number of hydrogen-bond donors (Lipinski definition) is 2. The van der Waals surface area contributed by atoms with E-state index in [1.54, 1.807) is 24.3 Å². The van der Waals surface area contributed by atoms with Crippen LogP contribution in [0.5, 0.6) is 0 Å². The van der Waals surface area contributed by atoms with E-state index in [-0.39, 0.29) is 47.9 Å². The molecule has 2 N–H and O–H groups in total. The molecule has 8 heteroatoms. The first-order chi connectivity index (χ1) is 14.5. The predicted octanol–water partition coefficient (Wildman–Crippen LogP) is 4.08. The largest absolute Gasteiger partial charge is 0.441 e. The van der Waals surface area contributed by atoms with Crippen LogP contribution in [-0.4, -0.2) is 22.8 Å². The number of benzene rings is 2. The first kappa shape index (κ1) is 19.8. The highest BCUT2D eigenvalue weighted by Gasteiger charge is 2.23. The summed E-state index contributed by atoms with van der Waals surface area (Å²) in [5.74, 6) is -1.71. The second-order valence-electron chi connectivity index (χ2n) is 7.09. The number of nitrogens with one attached hydrogen (secondary N) is 2. The summed E-state index contributed by atoms with van der Waals surface area (Å²) in [6.45, 7) is 0. The third kappa shape index (κ3) is 4.71. The van der Waals surface area contributed by atoms with E-state index in [0.717, 1.165) is 25.0 Å². The van der Waals surface area contributed by atoms with Crippen molar-refractivity contribution in [3.05, 3.63) is 71.8 Å². The Morgan fingerprint density at radius 2 is 1.77 bits per heavy atom. The van der Waals surface area contributed by atoms with Gasteiger partial charge in [0, 0.05) is 30.1 Å². The summed E-state index contributed by atoms with van der Waals surface area (Å²) in [6.07, 6.45) is 3.51. The zero-order chi connectivity index (χ0) is 21.1. The second-order valence-corrected chi connectivity index (χ2v) is 7.09. The molecule has 0 radical (unpaired) electrons. The van der Waals surface area contributed by atoms with E-state index in [1.165, 1.54) is 12.3 Å². The smallest absolute Gasteiger partial charge is 0.251 e. The van der Waals surface area contributed by atoms with Crippen molar-refractivity contribution >= 4 is 17.5 Å². The minimum Gasteiger partial charge on any atom is -0.441 e. The van der Waals surface area contributed by atoms with Crippen molar-refractivity contribution in [3.63, 3.8) is 0 Å². The predicted molar refractivity (Wildman–Crippen MR) is 106 cm³/mol. The standard InChI is InChI=1S/C22H19F2N3O3/c23-16-2-1-3-17(24)21(16)18-12-25-20(30-18)11-10-19(28)26-14-6-4-13(5-7-14)22(29)27-15-8-9-15/h1-7,12,15H,8-11H2,(H,26,28)(H,27,29). The number of oxazole rings is 1.